The van der Waals surface area contributed by atoms with Crippen molar-refractivity contribution in [1.82, 2.24) is 4.98 Å². The first kappa shape index (κ1) is 23.0. The minimum absolute atomic E-state index is 0.201. The van der Waals surface area contributed by atoms with E-state index in [9.17, 15) is 5.11 Å². The predicted octanol–water partition coefficient (Wildman–Crippen LogP) is 5.85. The maximum absolute atomic E-state index is 9.49. The quantitative estimate of drug-likeness (QED) is 0.457. The van der Waals surface area contributed by atoms with Gasteiger partial charge in [-0.1, -0.05) is 51.1 Å². The second-order valence-corrected chi connectivity index (χ2v) is 13.1. The molecule has 1 aliphatic carbocycles. The number of ether oxygens (including phenoxy) is 1. The Bertz CT molecular complexity index is 771. The van der Waals surface area contributed by atoms with Crippen LogP contribution in [0.2, 0.25) is 18.1 Å². The van der Waals surface area contributed by atoms with Crippen LogP contribution in [0.25, 0.3) is 0 Å². The fourth-order valence-corrected chi connectivity index (χ4v) is 7.62. The molecule has 30 heavy (non-hydrogen) atoms. The van der Waals surface area contributed by atoms with Gasteiger partial charge in [0.2, 0.25) is 0 Å². The molecule has 0 saturated carbocycles. The third-order valence-electron chi connectivity index (χ3n) is 6.77. The van der Waals surface area contributed by atoms with Crippen LogP contribution in [0.5, 0.6) is 5.75 Å². The molecule has 1 aromatic carbocycles. The maximum atomic E-state index is 9.49. The van der Waals surface area contributed by atoms with Gasteiger partial charge < -0.3 is 14.3 Å². The number of pyridine rings is 1. The first-order valence-electron chi connectivity index (χ1n) is 11.6. The van der Waals surface area contributed by atoms with Gasteiger partial charge in [0, 0.05) is 24.3 Å². The summed E-state index contributed by atoms with van der Waals surface area (Å²) >= 11 is 0. The Balaban J connectivity index is 1.84. The number of nitrogens with zero attached hydrogens (tertiary/aromatic N) is 1. The van der Waals surface area contributed by atoms with E-state index in [1.54, 1.807) is 0 Å². The number of hydrogen-bond acceptors (Lipinski definition) is 4. The molecule has 2 aromatic rings. The number of rotatable bonds is 11. The highest BCUT2D eigenvalue weighted by molar-refractivity contribution is 6.73. The zero-order chi connectivity index (χ0) is 21.4. The molecule has 1 heterocycles. The first-order valence-corrected chi connectivity index (χ1v) is 14.1. The first-order chi connectivity index (χ1) is 14.7. The fraction of sp³-hybridized carbons (Fsp3) is 0.560. The van der Waals surface area contributed by atoms with Crippen LogP contribution >= 0.6 is 0 Å². The van der Waals surface area contributed by atoms with E-state index in [2.05, 4.69) is 32.9 Å². The number of aliphatic hydroxyl groups excluding tert-OH is 1. The van der Waals surface area contributed by atoms with Gasteiger partial charge in [-0.15, -0.1) is 0 Å². The van der Waals surface area contributed by atoms with E-state index >= 15 is 0 Å². The van der Waals surface area contributed by atoms with Gasteiger partial charge in [-0.3, -0.25) is 4.98 Å². The van der Waals surface area contributed by atoms with Crippen LogP contribution in [0, 0.1) is 0 Å². The fourth-order valence-electron chi connectivity index (χ4n) is 4.69. The highest BCUT2D eigenvalue weighted by Crippen LogP contribution is 2.41. The summed E-state index contributed by atoms with van der Waals surface area (Å²) in [6, 6.07) is 15.7. The molecule has 0 unspecified atom stereocenters. The van der Waals surface area contributed by atoms with E-state index in [-0.39, 0.29) is 18.6 Å². The van der Waals surface area contributed by atoms with Crippen LogP contribution < -0.4 is 4.74 Å². The van der Waals surface area contributed by atoms with Gasteiger partial charge in [0.25, 0.3) is 0 Å². The van der Waals surface area contributed by atoms with E-state index in [1.165, 1.54) is 11.1 Å². The average Bonchev–Trinajstić information content (AvgIpc) is 2.81. The molecular formula is C25H37NO3Si. The number of aromatic nitrogens is 1. The Morgan fingerprint density at radius 1 is 1.07 bits per heavy atom. The van der Waals surface area contributed by atoms with Crippen molar-refractivity contribution in [3.8, 4) is 5.75 Å². The summed E-state index contributed by atoms with van der Waals surface area (Å²) in [6.07, 6.45) is 5.70. The van der Waals surface area contributed by atoms with Gasteiger partial charge in [0.05, 0.1) is 11.8 Å². The summed E-state index contributed by atoms with van der Waals surface area (Å²) < 4.78 is 13.2. The molecule has 0 saturated heterocycles. The molecule has 164 valence electrons. The van der Waals surface area contributed by atoms with Gasteiger partial charge in [-0.25, -0.2) is 0 Å². The Morgan fingerprint density at radius 3 is 2.47 bits per heavy atom. The van der Waals surface area contributed by atoms with Gasteiger partial charge >= 0.3 is 0 Å². The smallest absolute Gasteiger partial charge is 0.192 e. The monoisotopic (exact) mass is 427 g/mol. The summed E-state index contributed by atoms with van der Waals surface area (Å²) in [5, 5.41) is 9.49. The van der Waals surface area contributed by atoms with Crippen molar-refractivity contribution in [1.29, 1.82) is 0 Å². The minimum atomic E-state index is -1.70. The van der Waals surface area contributed by atoms with E-state index in [1.807, 2.05) is 30.5 Å². The lowest BCUT2D eigenvalue weighted by Gasteiger charge is -2.40. The van der Waals surface area contributed by atoms with Crippen molar-refractivity contribution in [2.75, 3.05) is 6.61 Å². The van der Waals surface area contributed by atoms with Crippen molar-refractivity contribution >= 4 is 8.32 Å². The van der Waals surface area contributed by atoms with Crippen LogP contribution in [0.1, 0.15) is 62.8 Å². The second-order valence-electron chi connectivity index (χ2n) is 8.36. The largest absolute Gasteiger partial charge is 0.488 e. The lowest BCUT2D eigenvalue weighted by Crippen LogP contribution is -2.43. The third kappa shape index (κ3) is 5.31. The lowest BCUT2D eigenvalue weighted by atomic mass is 9.81. The van der Waals surface area contributed by atoms with Gasteiger partial charge in [-0.05, 0) is 55.4 Å². The molecule has 0 amide bonds. The molecule has 3 rings (SSSR count). The molecule has 2 atom stereocenters. The van der Waals surface area contributed by atoms with Crippen molar-refractivity contribution in [3.05, 3.63) is 59.4 Å². The minimum Gasteiger partial charge on any atom is -0.488 e. The number of aliphatic hydroxyl groups is 1. The normalized spacial score (nSPS) is 18.8. The van der Waals surface area contributed by atoms with E-state index in [4.69, 9.17) is 14.1 Å². The standard InChI is InChI=1S/C25H37NO3Si/c1-4-30(5-2,6-3)29-24-15-14-22-23(28-19-20-11-8-7-9-12-20)16-17-26-25(22)21(24)13-10-18-27/h7-9,11-12,16-17,21,24,27H,4-6,10,13-15,18-19H2,1-3H3/t21-,24-/m1/s1. The summed E-state index contributed by atoms with van der Waals surface area (Å²) in [5.41, 5.74) is 3.52. The highest BCUT2D eigenvalue weighted by atomic mass is 28.4. The second kappa shape index (κ2) is 11.1. The average molecular weight is 428 g/mol. The maximum Gasteiger partial charge on any atom is 0.192 e. The molecule has 0 spiro atoms. The summed E-state index contributed by atoms with van der Waals surface area (Å²) in [6.45, 7) is 7.63. The molecule has 4 nitrogen and oxygen atoms in total. The SMILES string of the molecule is CC[Si](CC)(CC)O[C@@H]1CCc2c(OCc3ccccc3)ccnc2[C@@H]1CCCO. The zero-order valence-electron chi connectivity index (χ0n) is 18.8. The van der Waals surface area contributed by atoms with Crippen LogP contribution in [-0.2, 0) is 17.5 Å². The molecule has 1 N–H and O–H groups in total. The lowest BCUT2D eigenvalue weighted by molar-refractivity contribution is 0.125. The Hall–Kier alpha value is -1.69. The highest BCUT2D eigenvalue weighted by Gasteiger charge is 2.39. The molecule has 5 heteroatoms. The van der Waals surface area contributed by atoms with Gasteiger partial charge in [0.1, 0.15) is 12.4 Å². The Labute approximate surface area is 182 Å². The Morgan fingerprint density at radius 2 is 1.80 bits per heavy atom. The van der Waals surface area contributed by atoms with Gasteiger partial charge in [-0.2, -0.15) is 0 Å². The molecule has 0 aliphatic heterocycles. The number of hydrogen-bond donors (Lipinski definition) is 1. The molecule has 0 bridgehead atoms. The number of benzene rings is 1. The molecule has 0 radical (unpaired) electrons. The molecule has 1 aliphatic rings. The van der Waals surface area contributed by atoms with Crippen LogP contribution in [0.3, 0.4) is 0 Å². The van der Waals surface area contributed by atoms with E-state index in [0.717, 1.165) is 55.3 Å². The zero-order valence-corrected chi connectivity index (χ0v) is 19.8. The molecule has 0 fully saturated rings. The molecule has 1 aromatic heterocycles. The topological polar surface area (TPSA) is 51.6 Å². The van der Waals surface area contributed by atoms with Crippen LogP contribution in [0.15, 0.2) is 42.6 Å². The van der Waals surface area contributed by atoms with Crippen molar-refractivity contribution in [2.45, 2.75) is 83.2 Å². The summed E-state index contributed by atoms with van der Waals surface area (Å²) in [5.74, 6) is 1.18. The van der Waals surface area contributed by atoms with Crippen molar-refractivity contribution in [3.63, 3.8) is 0 Å². The predicted molar refractivity (Wildman–Crippen MR) is 124 cm³/mol. The van der Waals surface area contributed by atoms with Crippen LogP contribution in [-0.4, -0.2) is 31.1 Å². The Kier molecular flexibility index (Phi) is 8.48. The summed E-state index contributed by atoms with van der Waals surface area (Å²) in [4.78, 5) is 4.80. The summed E-state index contributed by atoms with van der Waals surface area (Å²) in [7, 11) is -1.70. The van der Waals surface area contributed by atoms with Crippen molar-refractivity contribution < 1.29 is 14.3 Å². The molecular weight excluding hydrogens is 390 g/mol. The third-order valence-corrected chi connectivity index (χ3v) is 11.4. The van der Waals surface area contributed by atoms with E-state index in [0.29, 0.717) is 6.61 Å². The van der Waals surface area contributed by atoms with E-state index < -0.39 is 8.32 Å². The van der Waals surface area contributed by atoms with Crippen LogP contribution in [0.4, 0.5) is 0 Å². The van der Waals surface area contributed by atoms with Crippen molar-refractivity contribution in [2.24, 2.45) is 0 Å². The van der Waals surface area contributed by atoms with Gasteiger partial charge in [0.15, 0.2) is 8.32 Å². The number of fused-ring (bicyclic) bond motifs is 1.